The molecule has 1 saturated heterocycles. The zero-order valence-electron chi connectivity index (χ0n) is 13.5. The number of rotatable bonds is 8. The first-order chi connectivity index (χ1) is 9.68. The van der Waals surface area contributed by atoms with E-state index in [4.69, 9.17) is 11.1 Å². The van der Waals surface area contributed by atoms with Gasteiger partial charge in [0.05, 0.1) is 12.1 Å². The molecule has 0 saturated carbocycles. The number of piperidine rings is 1. The maximum Gasteiger partial charge on any atom is 0.211 e. The summed E-state index contributed by atoms with van der Waals surface area (Å²) in [7, 11) is -3.08. The Morgan fingerprint density at radius 2 is 2.14 bits per heavy atom. The third-order valence-electron chi connectivity index (χ3n) is 3.79. The first-order valence-electron chi connectivity index (χ1n) is 7.69. The summed E-state index contributed by atoms with van der Waals surface area (Å²) in [5.41, 5.74) is 5.45. The minimum Gasteiger partial charge on any atom is -0.388 e. The maximum absolute atomic E-state index is 11.7. The fraction of sp³-hybridized carbons (Fsp3) is 0.929. The molecule has 0 bridgehead atoms. The molecule has 1 aliphatic rings. The van der Waals surface area contributed by atoms with Crippen molar-refractivity contribution in [2.75, 3.05) is 39.0 Å². The van der Waals surface area contributed by atoms with Crippen molar-refractivity contribution in [3.8, 4) is 0 Å². The van der Waals surface area contributed by atoms with E-state index >= 15 is 0 Å². The molecular formula is C14H30N4O2S. The van der Waals surface area contributed by atoms with Gasteiger partial charge in [-0.2, -0.15) is 0 Å². The van der Waals surface area contributed by atoms with Crippen LogP contribution in [0.25, 0.3) is 0 Å². The number of nitrogens with one attached hydrogen (secondary N) is 1. The Kier molecular flexibility index (Phi) is 7.09. The van der Waals surface area contributed by atoms with Gasteiger partial charge in [-0.1, -0.05) is 13.8 Å². The van der Waals surface area contributed by atoms with Gasteiger partial charge in [-0.05, 0) is 24.7 Å². The minimum absolute atomic E-state index is 0.213. The number of nitrogens with zero attached hydrogens (tertiary/aromatic N) is 2. The molecule has 0 aliphatic carbocycles. The second kappa shape index (κ2) is 8.10. The summed E-state index contributed by atoms with van der Waals surface area (Å²) in [4.78, 5) is 2.32. The number of hydrogen-bond donors (Lipinski definition) is 2. The summed E-state index contributed by atoms with van der Waals surface area (Å²) in [5, 5.41) is 7.37. The first-order valence-corrected chi connectivity index (χ1v) is 9.53. The summed E-state index contributed by atoms with van der Waals surface area (Å²) in [5.74, 6) is 1.14. The Bertz CT molecular complexity index is 436. The fourth-order valence-corrected chi connectivity index (χ4v) is 3.84. The predicted molar refractivity (Wildman–Crippen MR) is 86.9 cm³/mol. The fourth-order valence-electron chi connectivity index (χ4n) is 2.89. The molecule has 124 valence electrons. The molecule has 0 aromatic rings. The summed E-state index contributed by atoms with van der Waals surface area (Å²) in [6.07, 6.45) is 3.87. The number of sulfonamides is 1. The van der Waals surface area contributed by atoms with Gasteiger partial charge in [-0.25, -0.2) is 12.7 Å². The number of hydrogen-bond acceptors (Lipinski definition) is 4. The lowest BCUT2D eigenvalue weighted by atomic mass is 9.98. The Balaban J connectivity index is 2.58. The summed E-state index contributed by atoms with van der Waals surface area (Å²) < 4.78 is 25.0. The quantitative estimate of drug-likeness (QED) is 0.515. The number of amidine groups is 1. The largest absolute Gasteiger partial charge is 0.388 e. The van der Waals surface area contributed by atoms with Gasteiger partial charge < -0.3 is 10.6 Å². The Morgan fingerprint density at radius 3 is 2.67 bits per heavy atom. The molecule has 1 heterocycles. The second-order valence-corrected chi connectivity index (χ2v) is 8.54. The Hall–Kier alpha value is -0.660. The van der Waals surface area contributed by atoms with E-state index < -0.39 is 10.0 Å². The van der Waals surface area contributed by atoms with Crippen LogP contribution < -0.4 is 5.73 Å². The molecule has 21 heavy (non-hydrogen) atoms. The third-order valence-corrected chi connectivity index (χ3v) is 5.06. The number of nitrogens with two attached hydrogens (primary N) is 1. The molecule has 1 aliphatic heterocycles. The van der Waals surface area contributed by atoms with Crippen LogP contribution >= 0.6 is 0 Å². The van der Waals surface area contributed by atoms with E-state index in [0.29, 0.717) is 31.3 Å². The van der Waals surface area contributed by atoms with Crippen molar-refractivity contribution in [1.82, 2.24) is 9.21 Å². The van der Waals surface area contributed by atoms with E-state index in [9.17, 15) is 8.42 Å². The third kappa shape index (κ3) is 7.24. The van der Waals surface area contributed by atoms with Gasteiger partial charge in [0.15, 0.2) is 0 Å². The second-order valence-electron chi connectivity index (χ2n) is 6.56. The molecule has 1 rings (SSSR count). The van der Waals surface area contributed by atoms with Crippen LogP contribution in [0.15, 0.2) is 0 Å². The van der Waals surface area contributed by atoms with Gasteiger partial charge in [-0.15, -0.1) is 0 Å². The normalized spacial score (nSPS) is 21.1. The summed E-state index contributed by atoms with van der Waals surface area (Å²) in [6, 6.07) is 0. The van der Waals surface area contributed by atoms with Crippen molar-refractivity contribution < 1.29 is 8.42 Å². The molecular weight excluding hydrogens is 288 g/mol. The van der Waals surface area contributed by atoms with E-state index in [-0.39, 0.29) is 5.84 Å². The van der Waals surface area contributed by atoms with Crippen LogP contribution in [0.3, 0.4) is 0 Å². The SMILES string of the molecule is CC(C)CN(CCC(=N)N)CC1CCCN(S(C)(=O)=O)C1. The van der Waals surface area contributed by atoms with Crippen molar-refractivity contribution in [2.45, 2.75) is 33.1 Å². The van der Waals surface area contributed by atoms with Crippen molar-refractivity contribution in [2.24, 2.45) is 17.6 Å². The lowest BCUT2D eigenvalue weighted by molar-refractivity contribution is 0.168. The molecule has 0 radical (unpaired) electrons. The Morgan fingerprint density at radius 1 is 1.48 bits per heavy atom. The molecule has 1 fully saturated rings. The molecule has 0 spiro atoms. The van der Waals surface area contributed by atoms with Crippen LogP contribution in [0.5, 0.6) is 0 Å². The van der Waals surface area contributed by atoms with Crippen LogP contribution in [0.2, 0.25) is 0 Å². The van der Waals surface area contributed by atoms with Crippen LogP contribution in [-0.4, -0.2) is 62.4 Å². The van der Waals surface area contributed by atoms with E-state index in [0.717, 1.165) is 32.5 Å². The first kappa shape index (κ1) is 18.4. The van der Waals surface area contributed by atoms with Crippen molar-refractivity contribution >= 4 is 15.9 Å². The van der Waals surface area contributed by atoms with Crippen LogP contribution in [-0.2, 0) is 10.0 Å². The topological polar surface area (TPSA) is 90.5 Å². The van der Waals surface area contributed by atoms with Gasteiger partial charge >= 0.3 is 0 Å². The highest BCUT2D eigenvalue weighted by Crippen LogP contribution is 2.20. The van der Waals surface area contributed by atoms with Gasteiger partial charge in [0.25, 0.3) is 0 Å². The molecule has 0 aromatic heterocycles. The van der Waals surface area contributed by atoms with Crippen LogP contribution in [0.1, 0.15) is 33.1 Å². The van der Waals surface area contributed by atoms with Gasteiger partial charge in [-0.3, -0.25) is 5.41 Å². The highest BCUT2D eigenvalue weighted by molar-refractivity contribution is 7.88. The maximum atomic E-state index is 11.7. The molecule has 3 N–H and O–H groups in total. The summed E-state index contributed by atoms with van der Waals surface area (Å²) >= 11 is 0. The Labute approximate surface area is 129 Å². The summed E-state index contributed by atoms with van der Waals surface area (Å²) in [6.45, 7) is 8.23. The van der Waals surface area contributed by atoms with Gasteiger partial charge in [0.1, 0.15) is 0 Å². The van der Waals surface area contributed by atoms with E-state index in [1.807, 2.05) is 0 Å². The van der Waals surface area contributed by atoms with Crippen molar-refractivity contribution in [1.29, 1.82) is 5.41 Å². The van der Waals surface area contributed by atoms with E-state index in [1.165, 1.54) is 6.26 Å². The zero-order valence-corrected chi connectivity index (χ0v) is 14.3. The molecule has 0 amide bonds. The molecule has 1 unspecified atom stereocenters. The smallest absolute Gasteiger partial charge is 0.211 e. The standard InChI is InChI=1S/C14H30N4O2S/c1-12(2)9-17(8-6-14(15)16)10-13-5-4-7-18(11-13)21(3,19)20/h12-13H,4-11H2,1-3H3,(H3,15,16). The average molecular weight is 318 g/mol. The van der Waals surface area contributed by atoms with Crippen molar-refractivity contribution in [3.63, 3.8) is 0 Å². The monoisotopic (exact) mass is 318 g/mol. The average Bonchev–Trinajstić information content (AvgIpc) is 2.34. The lowest BCUT2D eigenvalue weighted by Crippen LogP contribution is -2.44. The van der Waals surface area contributed by atoms with Crippen molar-refractivity contribution in [3.05, 3.63) is 0 Å². The van der Waals surface area contributed by atoms with Gasteiger partial charge in [0.2, 0.25) is 10.0 Å². The lowest BCUT2D eigenvalue weighted by Gasteiger charge is -2.35. The zero-order chi connectivity index (χ0) is 16.0. The molecule has 1 atom stereocenters. The van der Waals surface area contributed by atoms with E-state index in [1.54, 1.807) is 4.31 Å². The van der Waals surface area contributed by atoms with E-state index in [2.05, 4.69) is 18.7 Å². The molecule has 7 heteroatoms. The predicted octanol–water partition coefficient (Wildman–Crippen LogP) is 0.942. The molecule has 0 aromatic carbocycles. The molecule has 6 nitrogen and oxygen atoms in total. The highest BCUT2D eigenvalue weighted by atomic mass is 32.2. The minimum atomic E-state index is -3.08. The van der Waals surface area contributed by atoms with Crippen LogP contribution in [0, 0.1) is 17.2 Å². The van der Waals surface area contributed by atoms with Crippen LogP contribution in [0.4, 0.5) is 0 Å². The highest BCUT2D eigenvalue weighted by Gasteiger charge is 2.27. The van der Waals surface area contributed by atoms with Gasteiger partial charge in [0, 0.05) is 39.1 Å².